The van der Waals surface area contributed by atoms with Gasteiger partial charge in [0.1, 0.15) is 11.5 Å². The van der Waals surface area contributed by atoms with Crippen LogP contribution < -0.4 is 21.5 Å². The Hall–Kier alpha value is -6.32. The third kappa shape index (κ3) is 6.69. The van der Waals surface area contributed by atoms with Gasteiger partial charge in [-0.2, -0.15) is 10.2 Å². The van der Waals surface area contributed by atoms with Crippen LogP contribution in [0.15, 0.2) is 70.8 Å². The summed E-state index contributed by atoms with van der Waals surface area (Å²) in [6.07, 6.45) is 17.5. The van der Waals surface area contributed by atoms with Crippen LogP contribution in [0.3, 0.4) is 0 Å². The lowest BCUT2D eigenvalue weighted by Gasteiger charge is -2.34. The number of nitrogens with one attached hydrogen (secondary N) is 2. The number of aryl methyl sites for hydroxylation is 1. The maximum Gasteiger partial charge on any atom is 0.275 e. The Kier molecular flexibility index (Phi) is 10.1. The Bertz CT molecular complexity index is 2680. The zero-order valence-corrected chi connectivity index (χ0v) is 32.5. The molecular formula is C42H46FN9O6. The highest BCUT2D eigenvalue weighted by atomic mass is 19.1. The lowest BCUT2D eigenvalue weighted by atomic mass is 9.96. The Morgan fingerprint density at radius 2 is 1.38 bits per heavy atom. The molecule has 3 aliphatic carbocycles. The van der Waals surface area contributed by atoms with E-state index in [-0.39, 0.29) is 28.3 Å². The van der Waals surface area contributed by atoms with E-state index in [9.17, 15) is 33.8 Å². The Morgan fingerprint density at radius 1 is 0.793 bits per heavy atom. The van der Waals surface area contributed by atoms with E-state index in [0.29, 0.717) is 13.1 Å². The van der Waals surface area contributed by atoms with Crippen LogP contribution in [0.25, 0.3) is 21.9 Å². The highest BCUT2D eigenvalue weighted by Gasteiger charge is 2.41. The van der Waals surface area contributed by atoms with Gasteiger partial charge in [-0.3, -0.25) is 28.5 Å². The molecule has 58 heavy (non-hydrogen) atoms. The number of carbonyl (C=O) groups excluding carboxylic acids is 2. The van der Waals surface area contributed by atoms with Crippen LogP contribution in [-0.2, 0) is 37.0 Å². The van der Waals surface area contributed by atoms with Crippen LogP contribution in [0, 0.1) is 5.82 Å². The maximum absolute atomic E-state index is 13.6. The SMILES string of the molecule is CNC(=O)c1nn(CC2(n3c4c(c5cccnc53)CCC4)CCCC2)cc(O)c1=O.CNC(=O)c1nn(CC2(n3ccc4cc(F)ccc43)CCCC2)cc(O)c1=O. The number of pyridine rings is 1. The average Bonchev–Trinajstić information content (AvgIpc) is 4.07. The molecule has 1 aromatic carbocycles. The van der Waals surface area contributed by atoms with Crippen molar-refractivity contribution >= 4 is 33.8 Å². The van der Waals surface area contributed by atoms with Crippen LogP contribution >= 0.6 is 0 Å². The van der Waals surface area contributed by atoms with Crippen LogP contribution in [-0.4, -0.2) is 69.8 Å². The second-order valence-corrected chi connectivity index (χ2v) is 15.7. The predicted octanol–water partition coefficient (Wildman–Crippen LogP) is 4.49. The summed E-state index contributed by atoms with van der Waals surface area (Å²) < 4.78 is 21.1. The fourth-order valence-corrected chi connectivity index (χ4v) is 9.58. The summed E-state index contributed by atoms with van der Waals surface area (Å²) in [6, 6.07) is 10.7. The molecule has 2 saturated carbocycles. The minimum Gasteiger partial charge on any atom is -0.503 e. The van der Waals surface area contributed by atoms with Crippen molar-refractivity contribution in [1.29, 1.82) is 0 Å². The molecule has 2 fully saturated rings. The van der Waals surface area contributed by atoms with Crippen LogP contribution in [0.4, 0.5) is 4.39 Å². The van der Waals surface area contributed by atoms with Crippen molar-refractivity contribution in [3.63, 3.8) is 0 Å². The summed E-state index contributed by atoms with van der Waals surface area (Å²) in [5.41, 5.74) is 1.90. The number of amides is 2. The zero-order chi connectivity index (χ0) is 40.8. The first-order chi connectivity index (χ1) is 28.0. The first kappa shape index (κ1) is 38.5. The van der Waals surface area contributed by atoms with Crippen molar-refractivity contribution in [1.82, 2.24) is 44.3 Å². The number of nitrogens with zero attached hydrogens (tertiary/aromatic N) is 7. The van der Waals surface area contributed by atoms with Crippen molar-refractivity contribution in [2.45, 2.75) is 94.8 Å². The number of rotatable bonds is 8. The molecule has 302 valence electrons. The summed E-state index contributed by atoms with van der Waals surface area (Å²) in [7, 11) is 2.85. The van der Waals surface area contributed by atoms with E-state index < -0.39 is 34.2 Å². The number of benzene rings is 1. The molecule has 5 heterocycles. The zero-order valence-electron chi connectivity index (χ0n) is 32.5. The molecule has 0 aliphatic heterocycles. The molecule has 4 N–H and O–H groups in total. The van der Waals surface area contributed by atoms with Gasteiger partial charge in [-0.15, -0.1) is 0 Å². The van der Waals surface area contributed by atoms with E-state index in [0.717, 1.165) is 87.2 Å². The van der Waals surface area contributed by atoms with Crippen molar-refractivity contribution in [2.24, 2.45) is 0 Å². The lowest BCUT2D eigenvalue weighted by Crippen LogP contribution is -2.38. The average molecular weight is 792 g/mol. The minimum absolute atomic E-state index is 0.251. The third-order valence-electron chi connectivity index (χ3n) is 12.2. The van der Waals surface area contributed by atoms with Crippen molar-refractivity contribution in [2.75, 3.05) is 14.1 Å². The van der Waals surface area contributed by atoms with Gasteiger partial charge >= 0.3 is 0 Å². The predicted molar refractivity (Wildman–Crippen MR) is 214 cm³/mol. The van der Waals surface area contributed by atoms with E-state index in [1.807, 2.05) is 24.5 Å². The van der Waals surface area contributed by atoms with Gasteiger partial charge in [0.2, 0.25) is 0 Å². The number of hydrogen-bond donors (Lipinski definition) is 4. The Balaban J connectivity index is 0.000000162. The molecule has 0 spiro atoms. The van der Waals surface area contributed by atoms with E-state index in [1.54, 1.807) is 10.7 Å². The summed E-state index contributed by atoms with van der Waals surface area (Å²) in [4.78, 5) is 53.0. The Labute approximate surface area is 332 Å². The number of hydrogen-bond acceptors (Lipinski definition) is 9. The molecule has 0 radical (unpaired) electrons. The van der Waals surface area contributed by atoms with E-state index in [4.69, 9.17) is 4.98 Å². The van der Waals surface area contributed by atoms with Gasteiger partial charge in [0.25, 0.3) is 22.7 Å². The number of fused-ring (bicyclic) bond motifs is 4. The molecule has 0 unspecified atom stereocenters. The highest BCUT2D eigenvalue weighted by Crippen LogP contribution is 2.45. The molecule has 5 aromatic heterocycles. The fraction of sp³-hybridized carbons (Fsp3) is 0.405. The topological polar surface area (TPSA) is 191 Å². The molecule has 16 heteroatoms. The highest BCUT2D eigenvalue weighted by molar-refractivity contribution is 5.92. The van der Waals surface area contributed by atoms with E-state index in [1.165, 1.54) is 59.9 Å². The van der Waals surface area contributed by atoms with Crippen LogP contribution in [0.1, 0.15) is 90.0 Å². The number of halogens is 1. The fourth-order valence-electron chi connectivity index (χ4n) is 9.58. The van der Waals surface area contributed by atoms with Gasteiger partial charge in [0.05, 0.1) is 36.6 Å². The quantitative estimate of drug-likeness (QED) is 0.172. The van der Waals surface area contributed by atoms with Crippen molar-refractivity contribution in [3.05, 3.63) is 110 Å². The third-order valence-corrected chi connectivity index (χ3v) is 12.2. The molecule has 0 bridgehead atoms. The largest absolute Gasteiger partial charge is 0.503 e. The van der Waals surface area contributed by atoms with Crippen molar-refractivity contribution < 1.29 is 24.2 Å². The standard InChI is InChI=1S/C22H25N5O3.C20H21FN4O3/c1-23-21(30)18-19(29)17(28)12-26(25-18)13-22(9-2-3-10-22)27-16-8-4-6-14(16)15-7-5-11-24-20(15)27;1-22-19(28)17-18(27)16(26)11-24(23-17)12-20(7-2-3-8-20)25-9-6-13-10-14(21)4-5-15(13)25/h5,7,11-12,28H,2-4,6,8-10,13H2,1H3,(H,23,30);4-6,9-11,26H,2-3,7-8,12H2,1H3,(H,22,28). The Morgan fingerprint density at radius 3 is 1.98 bits per heavy atom. The summed E-state index contributed by atoms with van der Waals surface area (Å²) in [5.74, 6) is -2.50. The second-order valence-electron chi connectivity index (χ2n) is 15.7. The molecular weight excluding hydrogens is 746 g/mol. The molecule has 2 amide bonds. The number of carbonyl (C=O) groups is 2. The molecule has 0 saturated heterocycles. The summed E-state index contributed by atoms with van der Waals surface area (Å²) >= 11 is 0. The molecule has 15 nitrogen and oxygen atoms in total. The van der Waals surface area contributed by atoms with Crippen LogP contribution in [0.5, 0.6) is 11.5 Å². The van der Waals surface area contributed by atoms with Gasteiger partial charge in [0, 0.05) is 48.5 Å². The van der Waals surface area contributed by atoms with Gasteiger partial charge in [-0.1, -0.05) is 25.7 Å². The lowest BCUT2D eigenvalue weighted by molar-refractivity contribution is 0.0944. The van der Waals surface area contributed by atoms with Gasteiger partial charge in [-0.25, -0.2) is 9.37 Å². The summed E-state index contributed by atoms with van der Waals surface area (Å²) in [5, 5.41) is 35.5. The monoisotopic (exact) mass is 791 g/mol. The number of aromatic hydroxyl groups is 2. The minimum atomic E-state index is -0.794. The van der Waals surface area contributed by atoms with Crippen molar-refractivity contribution in [3.8, 4) is 11.5 Å². The summed E-state index contributed by atoms with van der Waals surface area (Å²) in [6.45, 7) is 0.851. The molecule has 9 rings (SSSR count). The molecule has 6 aromatic rings. The van der Waals surface area contributed by atoms with Gasteiger partial charge < -0.3 is 30.0 Å². The van der Waals surface area contributed by atoms with Gasteiger partial charge in [0.15, 0.2) is 22.9 Å². The smallest absolute Gasteiger partial charge is 0.275 e. The first-order valence-corrected chi connectivity index (χ1v) is 19.8. The maximum atomic E-state index is 13.6. The normalized spacial score (nSPS) is 16.6. The first-order valence-electron chi connectivity index (χ1n) is 19.8. The molecule has 3 aliphatic rings. The number of aromatic nitrogens is 7. The second kappa shape index (κ2) is 15.2. The van der Waals surface area contributed by atoms with E-state index in [2.05, 4.69) is 36.0 Å². The van der Waals surface area contributed by atoms with E-state index >= 15 is 0 Å². The van der Waals surface area contributed by atoms with Gasteiger partial charge in [-0.05, 0) is 86.9 Å². The van der Waals surface area contributed by atoms with Crippen LogP contribution in [0.2, 0.25) is 0 Å². The molecule has 0 atom stereocenters.